The Morgan fingerprint density at radius 1 is 1.09 bits per heavy atom. The van der Waals surface area contributed by atoms with Crippen molar-refractivity contribution < 1.29 is 27.5 Å². The van der Waals surface area contributed by atoms with Crippen LogP contribution in [-0.2, 0) is 19.6 Å². The maximum Gasteiger partial charge on any atom is 0.251 e. The first-order valence-electron chi connectivity index (χ1n) is 11.2. The number of rotatable bonds is 9. The van der Waals surface area contributed by atoms with Crippen LogP contribution in [0.1, 0.15) is 31.1 Å². The van der Waals surface area contributed by atoms with Gasteiger partial charge in [-0.05, 0) is 55.3 Å². The molecule has 10 heteroatoms. The van der Waals surface area contributed by atoms with Crippen molar-refractivity contribution in [3.05, 3.63) is 54.1 Å². The Labute approximate surface area is 200 Å². The lowest BCUT2D eigenvalue weighted by Gasteiger charge is -2.26. The highest BCUT2D eigenvalue weighted by Gasteiger charge is 2.28. The van der Waals surface area contributed by atoms with Crippen molar-refractivity contribution in [1.29, 1.82) is 0 Å². The van der Waals surface area contributed by atoms with Crippen LogP contribution >= 0.6 is 0 Å². The van der Waals surface area contributed by atoms with Crippen molar-refractivity contribution in [1.82, 2.24) is 9.62 Å². The molecule has 1 heterocycles. The average molecular weight is 490 g/mol. The topological polar surface area (TPSA) is 114 Å². The first-order valence-corrected chi connectivity index (χ1v) is 12.7. The van der Waals surface area contributed by atoms with E-state index in [2.05, 4.69) is 10.6 Å². The number of benzene rings is 2. The van der Waals surface area contributed by atoms with Gasteiger partial charge in [0.05, 0.1) is 24.7 Å². The lowest BCUT2D eigenvalue weighted by Crippen LogP contribution is -2.47. The molecule has 34 heavy (non-hydrogen) atoms. The summed E-state index contributed by atoms with van der Waals surface area (Å²) in [4.78, 5) is 25.8. The number of carbonyl (C=O) groups is 2. The molecule has 0 spiro atoms. The molecule has 0 unspecified atom stereocenters. The first-order chi connectivity index (χ1) is 16.2. The highest BCUT2D eigenvalue weighted by atomic mass is 32.2. The Bertz CT molecular complexity index is 1100. The van der Waals surface area contributed by atoms with Crippen LogP contribution in [0.5, 0.6) is 5.75 Å². The Morgan fingerprint density at radius 2 is 1.76 bits per heavy atom. The highest BCUT2D eigenvalue weighted by molar-refractivity contribution is 7.89. The first kappa shape index (κ1) is 25.7. The summed E-state index contributed by atoms with van der Waals surface area (Å²) < 4.78 is 37.8. The average Bonchev–Trinajstić information content (AvgIpc) is 2.83. The molecule has 1 saturated heterocycles. The molecule has 2 aromatic carbocycles. The zero-order chi connectivity index (χ0) is 24.7. The molecule has 9 nitrogen and oxygen atoms in total. The fourth-order valence-electron chi connectivity index (χ4n) is 3.52. The summed E-state index contributed by atoms with van der Waals surface area (Å²) in [7, 11) is -3.70. The van der Waals surface area contributed by atoms with Crippen molar-refractivity contribution in [2.75, 3.05) is 38.2 Å². The van der Waals surface area contributed by atoms with Crippen LogP contribution in [0.4, 0.5) is 5.69 Å². The minimum Gasteiger partial charge on any atom is -0.494 e. The van der Waals surface area contributed by atoms with Gasteiger partial charge in [-0.1, -0.05) is 19.9 Å². The predicted octanol–water partition coefficient (Wildman–Crippen LogP) is 2.50. The third kappa shape index (κ3) is 6.34. The second kappa shape index (κ2) is 11.5. The minimum absolute atomic E-state index is 0.0896. The molecule has 1 fully saturated rings. The van der Waals surface area contributed by atoms with Gasteiger partial charge in [0.2, 0.25) is 15.9 Å². The Hall–Kier alpha value is -2.95. The molecule has 0 radical (unpaired) electrons. The van der Waals surface area contributed by atoms with Gasteiger partial charge in [-0.3, -0.25) is 9.59 Å². The molecular weight excluding hydrogens is 458 g/mol. The van der Waals surface area contributed by atoms with Crippen molar-refractivity contribution >= 4 is 27.5 Å². The van der Waals surface area contributed by atoms with Gasteiger partial charge in [0.15, 0.2) is 0 Å². The van der Waals surface area contributed by atoms with Gasteiger partial charge in [-0.15, -0.1) is 0 Å². The maximum atomic E-state index is 13.0. The number of carbonyl (C=O) groups excluding carboxylic acids is 2. The summed E-state index contributed by atoms with van der Waals surface area (Å²) in [5.41, 5.74) is 0.737. The Balaban J connectivity index is 1.71. The van der Waals surface area contributed by atoms with E-state index in [1.54, 1.807) is 36.4 Å². The van der Waals surface area contributed by atoms with Crippen LogP contribution in [0.3, 0.4) is 0 Å². The van der Waals surface area contributed by atoms with E-state index >= 15 is 0 Å². The van der Waals surface area contributed by atoms with Gasteiger partial charge in [-0.2, -0.15) is 4.31 Å². The standard InChI is InChI=1S/C24H31N3O6S/c1-4-33-20-10-8-18(9-11-20)23(28)26-22(17(2)3)24(29)25-19-6-5-7-21(16-19)34(30,31)27-12-14-32-15-13-27/h5-11,16-17,22H,4,12-15H2,1-3H3,(H,25,29)(H,26,28)/t22-/m1/s1. The summed E-state index contributed by atoms with van der Waals surface area (Å²) in [6.07, 6.45) is 0. The second-order valence-electron chi connectivity index (χ2n) is 8.19. The zero-order valence-corrected chi connectivity index (χ0v) is 20.4. The number of nitrogens with zero attached hydrogens (tertiary/aromatic N) is 1. The highest BCUT2D eigenvalue weighted by Crippen LogP contribution is 2.21. The molecule has 1 atom stereocenters. The number of anilines is 1. The second-order valence-corrected chi connectivity index (χ2v) is 10.1. The molecule has 0 saturated carbocycles. The number of ether oxygens (including phenoxy) is 2. The quantitative estimate of drug-likeness (QED) is 0.560. The van der Waals surface area contributed by atoms with Crippen LogP contribution in [0, 0.1) is 5.92 Å². The van der Waals surface area contributed by atoms with E-state index in [4.69, 9.17) is 9.47 Å². The molecule has 184 valence electrons. The largest absolute Gasteiger partial charge is 0.494 e. The van der Waals surface area contributed by atoms with Crippen molar-refractivity contribution in [2.24, 2.45) is 5.92 Å². The number of nitrogens with one attached hydrogen (secondary N) is 2. The van der Waals surface area contributed by atoms with Gasteiger partial charge in [0, 0.05) is 24.3 Å². The van der Waals surface area contributed by atoms with E-state index in [1.165, 1.54) is 16.4 Å². The normalized spacial score (nSPS) is 15.5. The maximum absolute atomic E-state index is 13.0. The summed E-state index contributed by atoms with van der Waals surface area (Å²) in [6.45, 7) is 7.30. The van der Waals surface area contributed by atoms with Crippen LogP contribution in [0.15, 0.2) is 53.4 Å². The van der Waals surface area contributed by atoms with E-state index in [9.17, 15) is 18.0 Å². The fourth-order valence-corrected chi connectivity index (χ4v) is 4.97. The lowest BCUT2D eigenvalue weighted by molar-refractivity contribution is -0.118. The molecule has 1 aliphatic rings. The predicted molar refractivity (Wildman–Crippen MR) is 128 cm³/mol. The molecule has 2 aromatic rings. The summed E-state index contributed by atoms with van der Waals surface area (Å²) in [5.74, 6) is -0.369. The third-order valence-corrected chi connectivity index (χ3v) is 7.27. The molecule has 0 aliphatic carbocycles. The number of amides is 2. The van der Waals surface area contributed by atoms with E-state index in [-0.39, 0.29) is 29.8 Å². The van der Waals surface area contributed by atoms with E-state index in [0.29, 0.717) is 36.8 Å². The van der Waals surface area contributed by atoms with Crippen molar-refractivity contribution in [2.45, 2.75) is 31.7 Å². The van der Waals surface area contributed by atoms with Crippen molar-refractivity contribution in [3.8, 4) is 5.75 Å². The van der Waals surface area contributed by atoms with Gasteiger partial charge in [0.1, 0.15) is 11.8 Å². The van der Waals surface area contributed by atoms with Crippen molar-refractivity contribution in [3.63, 3.8) is 0 Å². The molecule has 0 bridgehead atoms. The number of morpholine rings is 1. The van der Waals surface area contributed by atoms with Crippen LogP contribution in [0.25, 0.3) is 0 Å². The number of hydrogen-bond donors (Lipinski definition) is 2. The smallest absolute Gasteiger partial charge is 0.251 e. The van der Waals surface area contributed by atoms with Gasteiger partial charge in [0.25, 0.3) is 5.91 Å². The number of hydrogen-bond acceptors (Lipinski definition) is 6. The van der Waals surface area contributed by atoms with Gasteiger partial charge >= 0.3 is 0 Å². The molecule has 3 rings (SSSR count). The molecule has 1 aliphatic heterocycles. The number of sulfonamides is 1. The minimum atomic E-state index is -3.70. The Kier molecular flexibility index (Phi) is 8.65. The van der Waals surface area contributed by atoms with E-state index < -0.39 is 22.0 Å². The van der Waals surface area contributed by atoms with Gasteiger partial charge in [-0.25, -0.2) is 8.42 Å². The molecular formula is C24H31N3O6S. The summed E-state index contributed by atoms with van der Waals surface area (Å²) >= 11 is 0. The Morgan fingerprint density at radius 3 is 2.38 bits per heavy atom. The fraction of sp³-hybridized carbons (Fsp3) is 0.417. The third-order valence-electron chi connectivity index (χ3n) is 5.37. The summed E-state index contributed by atoms with van der Waals surface area (Å²) in [6, 6.07) is 12.0. The van der Waals surface area contributed by atoms with Gasteiger partial charge < -0.3 is 20.1 Å². The van der Waals surface area contributed by atoms with E-state index in [1.807, 2.05) is 20.8 Å². The summed E-state index contributed by atoms with van der Waals surface area (Å²) in [5, 5.41) is 5.51. The molecule has 0 aromatic heterocycles. The van der Waals surface area contributed by atoms with E-state index in [0.717, 1.165) is 0 Å². The van der Waals surface area contributed by atoms with Crippen LogP contribution in [-0.4, -0.2) is 63.5 Å². The monoisotopic (exact) mass is 489 g/mol. The molecule has 2 amide bonds. The van der Waals surface area contributed by atoms with Crippen LogP contribution in [0.2, 0.25) is 0 Å². The zero-order valence-electron chi connectivity index (χ0n) is 19.6. The van der Waals surface area contributed by atoms with Crippen LogP contribution < -0.4 is 15.4 Å². The lowest BCUT2D eigenvalue weighted by atomic mass is 10.0. The SMILES string of the molecule is CCOc1ccc(C(=O)N[C@@H](C(=O)Nc2cccc(S(=O)(=O)N3CCOCC3)c2)C(C)C)cc1. The molecule has 2 N–H and O–H groups in total.